The topological polar surface area (TPSA) is 66.4 Å². The molecule has 6 nitrogen and oxygen atoms in total. The molecule has 0 amide bonds. The van der Waals surface area contributed by atoms with Crippen molar-refractivity contribution in [2.24, 2.45) is 0 Å². The van der Waals surface area contributed by atoms with E-state index in [-0.39, 0.29) is 0 Å². The minimum Gasteiger partial charge on any atom is -0.408 e. The van der Waals surface area contributed by atoms with Gasteiger partial charge in [-0.3, -0.25) is 0 Å². The lowest BCUT2D eigenvalue weighted by atomic mass is 9.85. The van der Waals surface area contributed by atoms with Gasteiger partial charge in [-0.2, -0.15) is 0 Å². The number of aliphatic hydroxyl groups excluding tert-OH is 1. The van der Waals surface area contributed by atoms with Crippen molar-refractivity contribution in [3.63, 3.8) is 0 Å². The van der Waals surface area contributed by atoms with Gasteiger partial charge in [0.25, 0.3) is 0 Å². The van der Waals surface area contributed by atoms with Gasteiger partial charge in [-0.1, -0.05) is 208 Å². The van der Waals surface area contributed by atoms with Crippen LogP contribution in [-0.4, -0.2) is 83.3 Å². The van der Waals surface area contributed by atoms with E-state index in [4.69, 9.17) is 22.1 Å². The largest absolute Gasteiger partial charge is 0.408 e. The average Bonchev–Trinajstić information content (AvgIpc) is 3.09. The second-order valence-corrected chi connectivity index (χ2v) is 52.0. The molecule has 0 aromatic rings. The molecule has 0 bridgehead atoms. The minimum absolute atomic E-state index is 0.319. The molecule has 0 aromatic carbocycles. The molecule has 1 aliphatic rings. The highest BCUT2D eigenvalue weighted by Crippen LogP contribution is 2.55. The SMILES string of the molecule is CC(C)[Si](OC1[C@@H](O[Si](C(C)C)(C(C)C)C(C)C)[C@H](O[Si](C(C)C)(C(C)C)C(C)C)C(O)[C@@H](O[Si](C(C)C)(C(C)C)C(C)C)[C@H]1O[Si](C(C)C)(C(C)C)C(C)C)(C(C)C)C(C)C. The summed E-state index contributed by atoms with van der Waals surface area (Å²) in [5, 5.41) is 14.0. The summed E-state index contributed by atoms with van der Waals surface area (Å²) >= 11 is 0. The van der Waals surface area contributed by atoms with E-state index in [1.807, 2.05) is 0 Å². The molecule has 2 unspecified atom stereocenters. The van der Waals surface area contributed by atoms with Gasteiger partial charge in [0, 0.05) is 0 Å². The van der Waals surface area contributed by atoms with E-state index >= 15 is 0 Å². The van der Waals surface area contributed by atoms with Crippen molar-refractivity contribution in [2.75, 3.05) is 0 Å². The third-order valence-corrected chi connectivity index (χ3v) is 47.7. The quantitative estimate of drug-likeness (QED) is 0.0920. The third-order valence-electron chi connectivity index (χ3n) is 17.2. The Morgan fingerprint density at radius 2 is 0.306 bits per heavy atom. The van der Waals surface area contributed by atoms with Crippen LogP contribution in [0, 0.1) is 0 Å². The second kappa shape index (κ2) is 23.4. The van der Waals surface area contributed by atoms with Crippen molar-refractivity contribution in [3.8, 4) is 0 Å². The van der Waals surface area contributed by atoms with Crippen LogP contribution in [-0.2, 0) is 22.1 Å². The van der Waals surface area contributed by atoms with Crippen molar-refractivity contribution in [2.45, 2.75) is 327 Å². The highest BCUT2D eigenvalue weighted by molar-refractivity contribution is 6.80. The van der Waals surface area contributed by atoms with Gasteiger partial charge >= 0.3 is 0 Å². The van der Waals surface area contributed by atoms with Crippen LogP contribution in [0.4, 0.5) is 0 Å². The van der Waals surface area contributed by atoms with Gasteiger partial charge in [-0.05, 0) is 83.1 Å². The fourth-order valence-electron chi connectivity index (χ4n) is 15.0. The van der Waals surface area contributed by atoms with Gasteiger partial charge in [-0.25, -0.2) is 0 Å². The van der Waals surface area contributed by atoms with Crippen LogP contribution < -0.4 is 0 Å². The fourth-order valence-corrected chi connectivity index (χ4v) is 42.8. The van der Waals surface area contributed by atoms with E-state index in [1.165, 1.54) is 0 Å². The van der Waals surface area contributed by atoms with Crippen molar-refractivity contribution in [1.29, 1.82) is 0 Å². The van der Waals surface area contributed by atoms with Crippen molar-refractivity contribution in [3.05, 3.63) is 0 Å². The molecule has 0 heterocycles. The van der Waals surface area contributed by atoms with Crippen molar-refractivity contribution in [1.82, 2.24) is 0 Å². The maximum atomic E-state index is 14.0. The van der Waals surface area contributed by atoms with E-state index in [1.54, 1.807) is 0 Å². The molecule has 1 N–H and O–H groups in total. The normalized spacial score (nSPS) is 23.3. The molecule has 11 heteroatoms. The van der Waals surface area contributed by atoms with Gasteiger partial charge in [0.1, 0.15) is 36.6 Å². The zero-order valence-electron chi connectivity index (χ0n) is 47.1. The van der Waals surface area contributed by atoms with Crippen LogP contribution in [0.15, 0.2) is 0 Å². The maximum absolute atomic E-state index is 14.0. The Morgan fingerprint density at radius 3 is 0.419 bits per heavy atom. The standard InChI is InChI=1S/C51H112O6Si5/c1-31(2)58(32(3)4,33(5)6)53-47-46(52)48(54-59(34(7)8,35(9)10)36(11)12)50(56-61(40(19)20,41(21)22)42(23)24)51(57-62(43(25)26,44(27)28)45(29)30)49(47)55-60(37(13)14,38(15)16)39(17)18/h31-52H,1-30H3/t46?,47-,48-,49-,50+,51?/m1/s1. The van der Waals surface area contributed by atoms with Crippen molar-refractivity contribution >= 4 is 41.6 Å². The summed E-state index contributed by atoms with van der Waals surface area (Å²) in [4.78, 5) is 0. The van der Waals surface area contributed by atoms with Gasteiger partial charge in [0.05, 0.1) is 0 Å². The molecule has 0 spiro atoms. The van der Waals surface area contributed by atoms with Crippen molar-refractivity contribution < 1.29 is 27.2 Å². The predicted octanol–water partition coefficient (Wildman–Crippen LogP) is 17.2. The van der Waals surface area contributed by atoms with E-state index in [0.29, 0.717) is 83.1 Å². The fraction of sp³-hybridized carbons (Fsp3) is 1.00. The molecule has 62 heavy (non-hydrogen) atoms. The number of hydrogen-bond donors (Lipinski definition) is 1. The van der Waals surface area contributed by atoms with Gasteiger partial charge in [0.2, 0.25) is 41.6 Å². The molecule has 1 aliphatic carbocycles. The number of hydrogen-bond acceptors (Lipinski definition) is 6. The first-order valence-corrected chi connectivity index (χ1v) is 36.8. The summed E-state index contributed by atoms with van der Waals surface area (Å²) in [6.45, 7) is 71.6. The maximum Gasteiger partial charge on any atom is 0.201 e. The Bertz CT molecular complexity index is 1120. The van der Waals surface area contributed by atoms with Gasteiger partial charge in [-0.15, -0.1) is 0 Å². The highest BCUT2D eigenvalue weighted by atomic mass is 28.4. The summed E-state index contributed by atoms with van der Waals surface area (Å²) in [5.41, 5.74) is 4.91. The van der Waals surface area contributed by atoms with E-state index in [0.717, 1.165) is 0 Å². The molecule has 1 fully saturated rings. The Kier molecular flexibility index (Phi) is 23.0. The zero-order valence-corrected chi connectivity index (χ0v) is 52.1. The Hall–Kier alpha value is 0.844. The Balaban J connectivity index is 5.13. The Labute approximate surface area is 394 Å². The van der Waals surface area contributed by atoms with E-state index in [9.17, 15) is 5.11 Å². The Morgan fingerprint density at radius 1 is 0.210 bits per heavy atom. The zero-order chi connectivity index (χ0) is 49.2. The minimum atomic E-state index is -2.64. The van der Waals surface area contributed by atoms with Gasteiger partial charge < -0.3 is 27.2 Å². The molecule has 1 rings (SSSR count). The van der Waals surface area contributed by atoms with Crippen LogP contribution in [0.5, 0.6) is 0 Å². The van der Waals surface area contributed by atoms with Crippen LogP contribution in [0.1, 0.15) is 208 Å². The van der Waals surface area contributed by atoms with Crippen LogP contribution in [0.3, 0.4) is 0 Å². The second-order valence-electron chi connectivity index (χ2n) is 25.0. The highest BCUT2D eigenvalue weighted by Gasteiger charge is 2.65. The summed E-state index contributed by atoms with van der Waals surface area (Å²) < 4.78 is 41.5. The smallest absolute Gasteiger partial charge is 0.201 e. The van der Waals surface area contributed by atoms with Gasteiger partial charge in [0.15, 0.2) is 0 Å². The summed E-state index contributed by atoms with van der Waals surface area (Å²) in [5.74, 6) is 0. The first-order chi connectivity index (χ1) is 28.0. The number of rotatable bonds is 25. The molecular weight excluding hydrogens is 849 g/mol. The molecule has 0 aromatic heterocycles. The molecule has 1 saturated carbocycles. The molecule has 0 radical (unpaired) electrons. The summed E-state index contributed by atoms with van der Waals surface area (Å²) in [6.07, 6.45) is -3.82. The van der Waals surface area contributed by atoms with Crippen LogP contribution in [0.25, 0.3) is 0 Å². The molecule has 372 valence electrons. The third kappa shape index (κ3) is 11.1. The van der Waals surface area contributed by atoms with E-state index in [2.05, 4.69) is 208 Å². The van der Waals surface area contributed by atoms with E-state index < -0.39 is 78.2 Å². The predicted molar refractivity (Wildman–Crippen MR) is 286 cm³/mol. The lowest BCUT2D eigenvalue weighted by Crippen LogP contribution is -2.75. The summed E-state index contributed by atoms with van der Waals surface area (Å²) in [6, 6.07) is 0. The first-order valence-electron chi connectivity index (χ1n) is 26.1. The first kappa shape index (κ1) is 60.9. The molecule has 0 saturated heterocycles. The summed E-state index contributed by atoms with van der Waals surface area (Å²) in [7, 11) is -13.2. The average molecular weight is 962 g/mol. The molecular formula is C51H112O6Si5. The lowest BCUT2D eigenvalue weighted by molar-refractivity contribution is -0.206. The lowest BCUT2D eigenvalue weighted by Gasteiger charge is -2.61. The number of aliphatic hydroxyl groups is 1. The molecule has 6 atom stereocenters. The monoisotopic (exact) mass is 961 g/mol. The van der Waals surface area contributed by atoms with Crippen LogP contribution >= 0.6 is 0 Å². The van der Waals surface area contributed by atoms with Crippen LogP contribution in [0.2, 0.25) is 83.1 Å². The molecule has 0 aliphatic heterocycles.